The maximum atomic E-state index is 11.5. The van der Waals surface area contributed by atoms with Crippen molar-refractivity contribution in [2.75, 3.05) is 0 Å². The van der Waals surface area contributed by atoms with Crippen LogP contribution in [0.1, 0.15) is 64.2 Å². The second kappa shape index (κ2) is 12.0. The first-order valence-corrected chi connectivity index (χ1v) is 8.19. The van der Waals surface area contributed by atoms with Crippen molar-refractivity contribution in [3.05, 3.63) is 0 Å². The Hall–Kier alpha value is -2.49. The minimum Gasteiger partial charge on any atom is -0.481 e. The number of carboxylic acids is 3. The normalized spacial score (nSPS) is 12.8. The highest BCUT2D eigenvalue weighted by molar-refractivity contribution is 5.92. The van der Waals surface area contributed by atoms with Crippen molar-refractivity contribution >= 4 is 29.8 Å². The van der Waals surface area contributed by atoms with Gasteiger partial charge in [0.2, 0.25) is 0 Å². The molecule has 10 heteroatoms. The van der Waals surface area contributed by atoms with Crippen molar-refractivity contribution in [1.29, 1.82) is 0 Å². The highest BCUT2D eigenvalue weighted by Crippen LogP contribution is 2.17. The molecule has 0 heterocycles. The number of hydrogen-bond donors (Lipinski definition) is 4. The summed E-state index contributed by atoms with van der Waals surface area (Å²) in [6.45, 7) is 0. The molecule has 10 nitrogen and oxygen atoms in total. The SMILES string of the molecule is O=C(O)CCCCCCCCC(=O)OC(=O)CC(O)(CC(=O)O)C(=O)O. The first-order valence-electron chi connectivity index (χ1n) is 8.19. The molecule has 0 rings (SSSR count). The Balaban J connectivity index is 4.01. The van der Waals surface area contributed by atoms with E-state index in [0.29, 0.717) is 19.3 Å². The molecular weight excluding hydrogens is 352 g/mol. The van der Waals surface area contributed by atoms with E-state index in [-0.39, 0.29) is 12.8 Å². The van der Waals surface area contributed by atoms with Crippen LogP contribution in [0.15, 0.2) is 0 Å². The lowest BCUT2D eigenvalue weighted by atomic mass is 9.96. The first-order chi connectivity index (χ1) is 12.1. The summed E-state index contributed by atoms with van der Waals surface area (Å²) in [6.07, 6.45) is 1.78. The van der Waals surface area contributed by atoms with E-state index in [2.05, 4.69) is 4.74 Å². The van der Waals surface area contributed by atoms with Gasteiger partial charge in [-0.15, -0.1) is 0 Å². The Morgan fingerprint density at radius 1 is 0.654 bits per heavy atom. The van der Waals surface area contributed by atoms with Crippen molar-refractivity contribution in [3.63, 3.8) is 0 Å². The van der Waals surface area contributed by atoms with E-state index >= 15 is 0 Å². The highest BCUT2D eigenvalue weighted by atomic mass is 16.6. The van der Waals surface area contributed by atoms with Crippen molar-refractivity contribution in [2.24, 2.45) is 0 Å². The topological polar surface area (TPSA) is 175 Å². The molecule has 26 heavy (non-hydrogen) atoms. The molecule has 0 spiro atoms. The molecule has 0 radical (unpaired) electrons. The average Bonchev–Trinajstić information content (AvgIpc) is 2.48. The zero-order chi connectivity index (χ0) is 20.2. The number of carboxylic acid groups (broad SMARTS) is 3. The van der Waals surface area contributed by atoms with Crippen LogP contribution in [0.3, 0.4) is 0 Å². The minimum atomic E-state index is -2.83. The fourth-order valence-corrected chi connectivity index (χ4v) is 2.17. The fraction of sp³-hybridized carbons (Fsp3) is 0.688. The van der Waals surface area contributed by atoms with Gasteiger partial charge < -0.3 is 25.2 Å². The summed E-state index contributed by atoms with van der Waals surface area (Å²) >= 11 is 0. The molecule has 1 unspecified atom stereocenters. The number of aliphatic carboxylic acids is 3. The van der Waals surface area contributed by atoms with Gasteiger partial charge in [-0.25, -0.2) is 4.79 Å². The van der Waals surface area contributed by atoms with Crippen LogP contribution in [0.5, 0.6) is 0 Å². The Labute approximate surface area is 149 Å². The number of carbonyl (C=O) groups is 5. The van der Waals surface area contributed by atoms with Gasteiger partial charge >= 0.3 is 29.8 Å². The Morgan fingerprint density at radius 2 is 1.15 bits per heavy atom. The summed E-state index contributed by atoms with van der Waals surface area (Å²) in [6, 6.07) is 0. The summed E-state index contributed by atoms with van der Waals surface area (Å²) in [5, 5.41) is 35.5. The summed E-state index contributed by atoms with van der Waals surface area (Å²) in [5.41, 5.74) is -2.83. The summed E-state index contributed by atoms with van der Waals surface area (Å²) in [7, 11) is 0. The zero-order valence-electron chi connectivity index (χ0n) is 14.3. The van der Waals surface area contributed by atoms with Gasteiger partial charge in [0.05, 0.1) is 12.8 Å². The van der Waals surface area contributed by atoms with Crippen LogP contribution in [0.25, 0.3) is 0 Å². The van der Waals surface area contributed by atoms with E-state index in [0.717, 1.165) is 19.3 Å². The smallest absolute Gasteiger partial charge is 0.336 e. The monoisotopic (exact) mass is 376 g/mol. The van der Waals surface area contributed by atoms with Crippen molar-refractivity contribution in [3.8, 4) is 0 Å². The van der Waals surface area contributed by atoms with Gasteiger partial charge in [0.15, 0.2) is 5.60 Å². The van der Waals surface area contributed by atoms with Crippen molar-refractivity contribution in [1.82, 2.24) is 0 Å². The van der Waals surface area contributed by atoms with Crippen LogP contribution >= 0.6 is 0 Å². The highest BCUT2D eigenvalue weighted by Gasteiger charge is 2.41. The van der Waals surface area contributed by atoms with E-state index in [9.17, 15) is 29.1 Å². The Bertz CT molecular complexity index is 527. The third-order valence-corrected chi connectivity index (χ3v) is 3.53. The zero-order valence-corrected chi connectivity index (χ0v) is 14.3. The van der Waals surface area contributed by atoms with E-state index in [1.165, 1.54) is 0 Å². The standard InChI is InChI=1S/C16H24O10/c17-11(18)7-5-3-1-2-4-6-8-13(21)26-14(22)10-16(25,15(23)24)9-12(19)20/h25H,1-10H2,(H,17,18)(H,19,20)(H,23,24). The lowest BCUT2D eigenvalue weighted by Crippen LogP contribution is -2.43. The molecular formula is C16H24O10. The van der Waals surface area contributed by atoms with Crippen LogP contribution in [0.4, 0.5) is 0 Å². The molecule has 148 valence electrons. The molecule has 0 saturated carbocycles. The molecule has 0 aromatic carbocycles. The molecule has 0 aromatic rings. The number of unbranched alkanes of at least 4 members (excludes halogenated alkanes) is 5. The van der Waals surface area contributed by atoms with Gasteiger partial charge in [-0.1, -0.05) is 25.7 Å². The molecule has 0 aromatic heterocycles. The van der Waals surface area contributed by atoms with E-state index < -0.39 is 48.3 Å². The van der Waals surface area contributed by atoms with Crippen LogP contribution in [0, 0.1) is 0 Å². The maximum Gasteiger partial charge on any atom is 0.336 e. The molecule has 0 amide bonds. The molecule has 4 N–H and O–H groups in total. The van der Waals surface area contributed by atoms with Gasteiger partial charge in [-0.05, 0) is 12.8 Å². The summed E-state index contributed by atoms with van der Waals surface area (Å²) in [4.78, 5) is 54.8. The van der Waals surface area contributed by atoms with Crippen LogP contribution in [-0.4, -0.2) is 55.9 Å². The van der Waals surface area contributed by atoms with Gasteiger partial charge in [0.25, 0.3) is 0 Å². The van der Waals surface area contributed by atoms with Crippen LogP contribution in [-0.2, 0) is 28.7 Å². The third kappa shape index (κ3) is 11.1. The lowest BCUT2D eigenvalue weighted by Gasteiger charge is -2.19. The number of esters is 2. The largest absolute Gasteiger partial charge is 0.481 e. The molecule has 0 saturated heterocycles. The van der Waals surface area contributed by atoms with Gasteiger partial charge in [-0.3, -0.25) is 19.2 Å². The van der Waals surface area contributed by atoms with Crippen molar-refractivity contribution < 1.29 is 49.1 Å². The molecule has 0 aliphatic rings. The number of hydrogen-bond acceptors (Lipinski definition) is 7. The lowest BCUT2D eigenvalue weighted by molar-refractivity contribution is -0.174. The Kier molecular flexibility index (Phi) is 10.8. The van der Waals surface area contributed by atoms with E-state index in [4.69, 9.17) is 15.3 Å². The van der Waals surface area contributed by atoms with E-state index in [1.54, 1.807) is 0 Å². The molecule has 0 aliphatic carbocycles. The third-order valence-electron chi connectivity index (χ3n) is 3.53. The van der Waals surface area contributed by atoms with Crippen molar-refractivity contribution in [2.45, 2.75) is 69.8 Å². The summed E-state index contributed by atoms with van der Waals surface area (Å²) in [5.74, 6) is -6.54. The Morgan fingerprint density at radius 3 is 1.62 bits per heavy atom. The van der Waals surface area contributed by atoms with E-state index in [1.807, 2.05) is 0 Å². The van der Waals surface area contributed by atoms with Gasteiger partial charge in [0, 0.05) is 12.8 Å². The van der Waals surface area contributed by atoms with Crippen LogP contribution < -0.4 is 0 Å². The average molecular weight is 376 g/mol. The number of carbonyl (C=O) groups excluding carboxylic acids is 2. The fourth-order valence-electron chi connectivity index (χ4n) is 2.17. The minimum absolute atomic E-state index is 0.0781. The quantitative estimate of drug-likeness (QED) is 0.194. The second-order valence-corrected chi connectivity index (χ2v) is 5.95. The number of aliphatic hydroxyl groups is 1. The molecule has 0 aliphatic heterocycles. The van der Waals surface area contributed by atoms with Gasteiger partial charge in [0.1, 0.15) is 0 Å². The second-order valence-electron chi connectivity index (χ2n) is 5.95. The number of ether oxygens (including phenoxy) is 1. The summed E-state index contributed by atoms with van der Waals surface area (Å²) < 4.78 is 4.39. The van der Waals surface area contributed by atoms with Crippen LogP contribution in [0.2, 0.25) is 0 Å². The molecule has 0 fully saturated rings. The first kappa shape index (κ1) is 23.5. The van der Waals surface area contributed by atoms with Gasteiger partial charge in [-0.2, -0.15) is 0 Å². The molecule has 1 atom stereocenters. The molecule has 0 bridgehead atoms. The number of rotatable bonds is 14. The maximum absolute atomic E-state index is 11.5. The predicted octanol–water partition coefficient (Wildman–Crippen LogP) is 0.942. The predicted molar refractivity (Wildman–Crippen MR) is 85.1 cm³/mol.